The first-order valence-corrected chi connectivity index (χ1v) is 5.57. The molecule has 0 aliphatic rings. The number of carbonyl (C=O) groups is 1. The minimum atomic E-state index is -0.770. The second-order valence-corrected chi connectivity index (χ2v) is 4.36. The Morgan fingerprint density at radius 2 is 2.00 bits per heavy atom. The van der Waals surface area contributed by atoms with Gasteiger partial charge in [-0.15, -0.1) is 0 Å². The monoisotopic (exact) mass is 221 g/mol. The van der Waals surface area contributed by atoms with E-state index < -0.39 is 5.97 Å². The highest BCUT2D eigenvalue weighted by Gasteiger charge is 2.14. The molecule has 88 valence electrons. The number of hydrogen-bond acceptors (Lipinski definition) is 2. The van der Waals surface area contributed by atoms with Crippen molar-refractivity contribution in [1.29, 1.82) is 0 Å². The Labute approximate surface area is 96.3 Å². The van der Waals surface area contributed by atoms with Crippen molar-refractivity contribution < 1.29 is 9.90 Å². The lowest BCUT2D eigenvalue weighted by Gasteiger charge is -2.19. The maximum atomic E-state index is 10.6. The Morgan fingerprint density at radius 1 is 1.38 bits per heavy atom. The zero-order valence-corrected chi connectivity index (χ0v) is 9.81. The summed E-state index contributed by atoms with van der Waals surface area (Å²) in [5, 5.41) is 8.68. The molecule has 1 atom stereocenters. The molecule has 0 amide bonds. The van der Waals surface area contributed by atoms with Crippen LogP contribution >= 0.6 is 0 Å². The fourth-order valence-electron chi connectivity index (χ4n) is 1.69. The van der Waals surface area contributed by atoms with Gasteiger partial charge in [0.25, 0.3) is 0 Å². The van der Waals surface area contributed by atoms with Gasteiger partial charge in [-0.3, -0.25) is 4.79 Å². The zero-order chi connectivity index (χ0) is 12.1. The number of rotatable bonds is 5. The number of hydrogen-bond donors (Lipinski definition) is 2. The van der Waals surface area contributed by atoms with Crippen molar-refractivity contribution in [1.82, 2.24) is 0 Å². The largest absolute Gasteiger partial charge is 0.481 e. The van der Waals surface area contributed by atoms with E-state index in [1.165, 1.54) is 0 Å². The predicted octanol–water partition coefficient (Wildman–Crippen LogP) is 2.36. The van der Waals surface area contributed by atoms with E-state index in [4.69, 9.17) is 10.8 Å². The smallest absolute Gasteiger partial charge is 0.303 e. The van der Waals surface area contributed by atoms with Gasteiger partial charge >= 0.3 is 5.97 Å². The molecule has 16 heavy (non-hydrogen) atoms. The average Bonchev–Trinajstić information content (AvgIpc) is 2.25. The maximum Gasteiger partial charge on any atom is 0.303 e. The van der Waals surface area contributed by atoms with Gasteiger partial charge in [-0.1, -0.05) is 38.1 Å². The number of aryl methyl sites for hydroxylation is 1. The quantitative estimate of drug-likeness (QED) is 0.802. The molecule has 3 N–H and O–H groups in total. The van der Waals surface area contributed by atoms with E-state index >= 15 is 0 Å². The zero-order valence-electron chi connectivity index (χ0n) is 9.81. The van der Waals surface area contributed by atoms with Gasteiger partial charge < -0.3 is 10.8 Å². The molecule has 0 aromatic heterocycles. The highest BCUT2D eigenvalue weighted by atomic mass is 16.4. The molecule has 1 aromatic carbocycles. The van der Waals surface area contributed by atoms with Crippen LogP contribution in [-0.4, -0.2) is 11.1 Å². The van der Waals surface area contributed by atoms with E-state index in [-0.39, 0.29) is 12.5 Å². The summed E-state index contributed by atoms with van der Waals surface area (Å²) in [6.07, 6.45) is 0.702. The Kier molecular flexibility index (Phi) is 4.50. The number of carboxylic acid groups (broad SMARTS) is 1. The van der Waals surface area contributed by atoms with Gasteiger partial charge in [-0.05, 0) is 23.5 Å². The minimum Gasteiger partial charge on any atom is -0.481 e. The number of carboxylic acids is 1. The lowest BCUT2D eigenvalue weighted by Crippen LogP contribution is -2.18. The fourth-order valence-corrected chi connectivity index (χ4v) is 1.69. The third-order valence-electron chi connectivity index (χ3n) is 2.74. The first kappa shape index (κ1) is 12.7. The van der Waals surface area contributed by atoms with Crippen molar-refractivity contribution in [3.05, 3.63) is 35.4 Å². The Morgan fingerprint density at radius 3 is 2.56 bits per heavy atom. The highest BCUT2D eigenvalue weighted by molar-refractivity contribution is 5.67. The summed E-state index contributed by atoms with van der Waals surface area (Å²) in [4.78, 5) is 10.6. The lowest BCUT2D eigenvalue weighted by atomic mass is 9.91. The third-order valence-corrected chi connectivity index (χ3v) is 2.74. The van der Waals surface area contributed by atoms with Crippen LogP contribution in [0.25, 0.3) is 0 Å². The first-order chi connectivity index (χ1) is 7.52. The van der Waals surface area contributed by atoms with Gasteiger partial charge in [-0.25, -0.2) is 0 Å². The summed E-state index contributed by atoms with van der Waals surface area (Å²) >= 11 is 0. The molecular weight excluding hydrogens is 202 g/mol. The highest BCUT2D eigenvalue weighted by Crippen LogP contribution is 2.23. The van der Waals surface area contributed by atoms with E-state index in [0.717, 1.165) is 11.1 Å². The van der Waals surface area contributed by atoms with Crippen LogP contribution in [0.15, 0.2) is 24.3 Å². The van der Waals surface area contributed by atoms with Crippen molar-refractivity contribution in [3.63, 3.8) is 0 Å². The topological polar surface area (TPSA) is 63.3 Å². The molecular formula is C13H19NO2. The summed E-state index contributed by atoms with van der Waals surface area (Å²) in [7, 11) is 0. The average molecular weight is 221 g/mol. The molecule has 0 saturated heterocycles. The van der Waals surface area contributed by atoms with Crippen molar-refractivity contribution in [2.24, 2.45) is 11.7 Å². The van der Waals surface area contributed by atoms with Crippen LogP contribution < -0.4 is 5.73 Å². The van der Waals surface area contributed by atoms with Gasteiger partial charge in [0, 0.05) is 12.5 Å². The predicted molar refractivity (Wildman–Crippen MR) is 64.2 cm³/mol. The van der Waals surface area contributed by atoms with E-state index in [1.54, 1.807) is 0 Å². The molecule has 0 aliphatic carbocycles. The first-order valence-electron chi connectivity index (χ1n) is 5.57. The standard InChI is InChI=1S/C13H19NO2/c1-9(2)13(14)11-6-4-3-5-10(11)7-8-12(15)16/h3-6,9,13H,7-8,14H2,1-2H3,(H,15,16). The number of aliphatic carboxylic acids is 1. The second-order valence-electron chi connectivity index (χ2n) is 4.36. The Bertz CT molecular complexity index is 361. The molecule has 0 aliphatic heterocycles. The fraction of sp³-hybridized carbons (Fsp3) is 0.462. The van der Waals surface area contributed by atoms with Crippen LogP contribution in [0.2, 0.25) is 0 Å². The van der Waals surface area contributed by atoms with Crippen molar-refractivity contribution >= 4 is 5.97 Å². The van der Waals surface area contributed by atoms with Gasteiger partial charge in [-0.2, -0.15) is 0 Å². The van der Waals surface area contributed by atoms with Gasteiger partial charge in [0.2, 0.25) is 0 Å². The molecule has 0 fully saturated rings. The Balaban J connectivity index is 2.87. The normalized spacial score (nSPS) is 12.8. The lowest BCUT2D eigenvalue weighted by molar-refractivity contribution is -0.136. The van der Waals surface area contributed by atoms with Crippen LogP contribution in [0.4, 0.5) is 0 Å². The summed E-state index contributed by atoms with van der Waals surface area (Å²) in [5.74, 6) is -0.418. The van der Waals surface area contributed by atoms with Crippen LogP contribution in [0, 0.1) is 5.92 Å². The van der Waals surface area contributed by atoms with Gasteiger partial charge in [0.05, 0.1) is 0 Å². The second kappa shape index (κ2) is 5.66. The Hall–Kier alpha value is -1.35. The maximum absolute atomic E-state index is 10.6. The number of nitrogens with two attached hydrogens (primary N) is 1. The molecule has 0 spiro atoms. The molecule has 1 rings (SSSR count). The summed E-state index contributed by atoms with van der Waals surface area (Å²) in [5.41, 5.74) is 8.21. The SMILES string of the molecule is CC(C)C(N)c1ccccc1CCC(=O)O. The van der Waals surface area contributed by atoms with Gasteiger partial charge in [0.15, 0.2) is 0 Å². The van der Waals surface area contributed by atoms with Crippen LogP contribution in [0.1, 0.15) is 37.4 Å². The summed E-state index contributed by atoms with van der Waals surface area (Å²) < 4.78 is 0. The molecule has 0 heterocycles. The third kappa shape index (κ3) is 3.35. The molecule has 0 saturated carbocycles. The summed E-state index contributed by atoms with van der Waals surface area (Å²) in [6.45, 7) is 4.14. The summed E-state index contributed by atoms with van der Waals surface area (Å²) in [6, 6.07) is 7.79. The van der Waals surface area contributed by atoms with Gasteiger partial charge in [0.1, 0.15) is 0 Å². The van der Waals surface area contributed by atoms with E-state index in [2.05, 4.69) is 13.8 Å². The van der Waals surface area contributed by atoms with Crippen LogP contribution in [0.3, 0.4) is 0 Å². The van der Waals surface area contributed by atoms with E-state index in [1.807, 2.05) is 24.3 Å². The molecule has 3 nitrogen and oxygen atoms in total. The molecule has 3 heteroatoms. The van der Waals surface area contributed by atoms with Crippen molar-refractivity contribution in [2.75, 3.05) is 0 Å². The number of benzene rings is 1. The molecule has 1 aromatic rings. The molecule has 0 bridgehead atoms. The van der Waals surface area contributed by atoms with Crippen molar-refractivity contribution in [2.45, 2.75) is 32.7 Å². The van der Waals surface area contributed by atoms with Crippen molar-refractivity contribution in [3.8, 4) is 0 Å². The van der Waals surface area contributed by atoms with Crippen LogP contribution in [-0.2, 0) is 11.2 Å². The minimum absolute atomic E-state index is 0.0232. The molecule has 0 radical (unpaired) electrons. The molecule has 1 unspecified atom stereocenters. The van der Waals surface area contributed by atoms with Crippen LogP contribution in [0.5, 0.6) is 0 Å². The van der Waals surface area contributed by atoms with E-state index in [9.17, 15) is 4.79 Å². The van der Waals surface area contributed by atoms with E-state index in [0.29, 0.717) is 12.3 Å².